The van der Waals surface area contributed by atoms with Crippen LogP contribution in [0.15, 0.2) is 30.3 Å². The highest BCUT2D eigenvalue weighted by molar-refractivity contribution is 5.94. The summed E-state index contributed by atoms with van der Waals surface area (Å²) in [4.78, 5) is 41.9. The van der Waals surface area contributed by atoms with Crippen molar-refractivity contribution in [3.63, 3.8) is 0 Å². The van der Waals surface area contributed by atoms with Gasteiger partial charge in [-0.1, -0.05) is 6.07 Å². The Morgan fingerprint density at radius 1 is 1.00 bits per heavy atom. The molecular weight excluding hydrogens is 536 g/mol. The molecule has 2 fully saturated rings. The van der Waals surface area contributed by atoms with Crippen molar-refractivity contribution in [1.82, 2.24) is 9.80 Å². The average Bonchev–Trinajstić information content (AvgIpc) is 2.91. The molecule has 42 heavy (non-hydrogen) atoms. The van der Waals surface area contributed by atoms with E-state index >= 15 is 0 Å². The van der Waals surface area contributed by atoms with Crippen molar-refractivity contribution in [1.29, 1.82) is 0 Å². The number of carbonyl (C=O) groups is 3. The van der Waals surface area contributed by atoms with Crippen molar-refractivity contribution in [2.75, 3.05) is 30.8 Å². The van der Waals surface area contributed by atoms with E-state index in [1.54, 1.807) is 12.0 Å². The number of aryl methyl sites for hydroxylation is 1. The van der Waals surface area contributed by atoms with Crippen molar-refractivity contribution >= 4 is 29.4 Å². The Labute approximate surface area is 247 Å². The van der Waals surface area contributed by atoms with Gasteiger partial charge in [0.15, 0.2) is 0 Å². The lowest BCUT2D eigenvalue weighted by molar-refractivity contribution is -0.121. The third kappa shape index (κ3) is 6.42. The first-order chi connectivity index (χ1) is 19.9. The summed E-state index contributed by atoms with van der Waals surface area (Å²) in [6.07, 6.45) is 2.52. The van der Waals surface area contributed by atoms with E-state index < -0.39 is 5.60 Å². The zero-order chi connectivity index (χ0) is 30.2. The summed E-state index contributed by atoms with van der Waals surface area (Å²) in [5, 5.41) is 6.09. The normalized spacial score (nSPS) is 20.7. The Morgan fingerprint density at radius 2 is 1.71 bits per heavy atom. The lowest BCUT2D eigenvalue weighted by Gasteiger charge is -2.41. The molecule has 10 heteroatoms. The van der Waals surface area contributed by atoms with Crippen LogP contribution < -0.4 is 20.1 Å². The van der Waals surface area contributed by atoms with E-state index in [9.17, 15) is 14.4 Å². The van der Waals surface area contributed by atoms with Crippen molar-refractivity contribution in [2.45, 2.75) is 84.6 Å². The quantitative estimate of drug-likeness (QED) is 0.445. The number of benzene rings is 2. The second kappa shape index (κ2) is 11.7. The third-order valence-electron chi connectivity index (χ3n) is 8.36. The zero-order valence-corrected chi connectivity index (χ0v) is 25.4. The van der Waals surface area contributed by atoms with Gasteiger partial charge < -0.3 is 34.6 Å². The topological polar surface area (TPSA) is 109 Å². The summed E-state index contributed by atoms with van der Waals surface area (Å²) in [5.74, 6) is 1.41. The van der Waals surface area contributed by atoms with Gasteiger partial charge in [0.2, 0.25) is 5.91 Å². The number of hydrogen-bond acceptors (Lipinski definition) is 6. The average molecular weight is 579 g/mol. The second-order valence-electron chi connectivity index (χ2n) is 12.6. The fraction of sp³-hybridized carbons (Fsp3) is 0.531. The molecule has 0 radical (unpaired) electrons. The molecule has 226 valence electrons. The Balaban J connectivity index is 1.16. The minimum atomic E-state index is -0.532. The molecule has 2 aromatic rings. The number of carbonyl (C=O) groups excluding carboxylic acids is 3. The van der Waals surface area contributed by atoms with Crippen LogP contribution in [0, 0.1) is 19.8 Å². The fourth-order valence-electron chi connectivity index (χ4n) is 5.87. The molecular formula is C32H42N4O6. The van der Waals surface area contributed by atoms with Gasteiger partial charge in [-0.15, -0.1) is 0 Å². The molecule has 4 amide bonds. The van der Waals surface area contributed by atoms with Gasteiger partial charge in [0, 0.05) is 35.0 Å². The molecule has 0 bridgehead atoms. The molecule has 2 heterocycles. The third-order valence-corrected chi connectivity index (χ3v) is 8.36. The summed E-state index contributed by atoms with van der Waals surface area (Å²) in [6.45, 7) is 11.0. The standard InChI is InChI=1S/C32H42N4O6/c1-19-7-10-22(15-28(19)40-6)33-29(37)21-8-11-23(12-9-21)36-18-25-20(2)27(14-13-26(25)34-30(36)38)41-24-16-35(17-24)31(39)42-32(3,4)5/h7,10,13-15,21,23-24H,8-9,11-12,16-18H2,1-6H3,(H,33,37)(H,34,38). The van der Waals surface area contributed by atoms with E-state index in [1.807, 2.05) is 69.9 Å². The van der Waals surface area contributed by atoms with Crippen LogP contribution in [-0.4, -0.2) is 65.8 Å². The number of nitrogens with zero attached hydrogens (tertiary/aromatic N) is 2. The summed E-state index contributed by atoms with van der Waals surface area (Å²) < 4.78 is 17.1. The van der Waals surface area contributed by atoms with E-state index in [0.717, 1.165) is 52.4 Å². The van der Waals surface area contributed by atoms with Crippen LogP contribution in [0.25, 0.3) is 0 Å². The van der Waals surface area contributed by atoms with Crippen molar-refractivity contribution < 1.29 is 28.6 Å². The number of fused-ring (bicyclic) bond motifs is 1. The Kier molecular flexibility index (Phi) is 8.25. The van der Waals surface area contributed by atoms with Gasteiger partial charge in [-0.3, -0.25) is 4.79 Å². The maximum absolute atomic E-state index is 13.1. The highest BCUT2D eigenvalue weighted by atomic mass is 16.6. The molecule has 1 saturated carbocycles. The summed E-state index contributed by atoms with van der Waals surface area (Å²) in [5.41, 5.74) is 4.02. The highest BCUT2D eigenvalue weighted by Crippen LogP contribution is 2.37. The number of amides is 4. The van der Waals surface area contributed by atoms with Crippen LogP contribution >= 0.6 is 0 Å². The van der Waals surface area contributed by atoms with Crippen molar-refractivity contribution in [2.24, 2.45) is 5.92 Å². The number of ether oxygens (including phenoxy) is 3. The smallest absolute Gasteiger partial charge is 0.410 e. The molecule has 10 nitrogen and oxygen atoms in total. The van der Waals surface area contributed by atoms with Crippen LogP contribution in [0.3, 0.4) is 0 Å². The summed E-state index contributed by atoms with van der Waals surface area (Å²) in [6, 6.07) is 9.38. The first kappa shape index (κ1) is 29.5. The van der Waals surface area contributed by atoms with Gasteiger partial charge in [-0.2, -0.15) is 0 Å². The number of methoxy groups -OCH3 is 1. The van der Waals surface area contributed by atoms with Crippen molar-refractivity contribution in [3.05, 3.63) is 47.0 Å². The maximum atomic E-state index is 13.1. The van der Waals surface area contributed by atoms with E-state index in [-0.39, 0.29) is 36.1 Å². The molecule has 0 unspecified atom stereocenters. The van der Waals surface area contributed by atoms with E-state index in [0.29, 0.717) is 32.5 Å². The van der Waals surface area contributed by atoms with Gasteiger partial charge in [0.25, 0.3) is 0 Å². The number of rotatable bonds is 6. The fourth-order valence-corrected chi connectivity index (χ4v) is 5.87. The SMILES string of the molecule is COc1cc(NC(=O)C2CCC(N3Cc4c(ccc(OC5CN(C(=O)OC(C)(C)C)C5)c4C)NC3=O)CC2)ccc1C. The maximum Gasteiger partial charge on any atom is 0.410 e. The Bertz CT molecular complexity index is 1360. The summed E-state index contributed by atoms with van der Waals surface area (Å²) >= 11 is 0. The molecule has 0 aromatic heterocycles. The molecule has 2 aromatic carbocycles. The van der Waals surface area contributed by atoms with Gasteiger partial charge in [0.1, 0.15) is 23.2 Å². The Hall–Kier alpha value is -3.95. The van der Waals surface area contributed by atoms with E-state index in [2.05, 4.69) is 10.6 Å². The van der Waals surface area contributed by atoms with E-state index in [1.165, 1.54) is 0 Å². The predicted molar refractivity (Wildman–Crippen MR) is 160 cm³/mol. The second-order valence-corrected chi connectivity index (χ2v) is 12.6. The molecule has 3 aliphatic rings. The van der Waals surface area contributed by atoms with Crippen molar-refractivity contribution in [3.8, 4) is 11.5 Å². The first-order valence-electron chi connectivity index (χ1n) is 14.7. The zero-order valence-electron chi connectivity index (χ0n) is 25.4. The molecule has 0 spiro atoms. The largest absolute Gasteiger partial charge is 0.496 e. The number of anilines is 2. The minimum Gasteiger partial charge on any atom is -0.496 e. The first-order valence-corrected chi connectivity index (χ1v) is 14.7. The lowest BCUT2D eigenvalue weighted by atomic mass is 9.84. The summed E-state index contributed by atoms with van der Waals surface area (Å²) in [7, 11) is 1.62. The number of nitrogens with one attached hydrogen (secondary N) is 2. The monoisotopic (exact) mass is 578 g/mol. The molecule has 2 N–H and O–H groups in total. The van der Waals surface area contributed by atoms with Gasteiger partial charge in [-0.25, -0.2) is 9.59 Å². The predicted octanol–water partition coefficient (Wildman–Crippen LogP) is 5.86. The molecule has 0 atom stereocenters. The minimum absolute atomic E-state index is 0.00617. The van der Waals surface area contributed by atoms with Crippen LogP contribution in [0.1, 0.15) is 63.1 Å². The molecule has 2 aliphatic heterocycles. The van der Waals surface area contributed by atoms with Crippen LogP contribution in [-0.2, 0) is 16.1 Å². The van der Waals surface area contributed by atoms with Crippen LogP contribution in [0.5, 0.6) is 11.5 Å². The van der Waals surface area contributed by atoms with Gasteiger partial charge in [0.05, 0.1) is 26.7 Å². The highest BCUT2D eigenvalue weighted by Gasteiger charge is 2.37. The Morgan fingerprint density at radius 3 is 2.38 bits per heavy atom. The lowest BCUT2D eigenvalue weighted by Crippen LogP contribution is -2.57. The number of urea groups is 1. The van der Waals surface area contributed by atoms with E-state index in [4.69, 9.17) is 14.2 Å². The molecule has 1 saturated heterocycles. The van der Waals surface area contributed by atoms with Gasteiger partial charge in [-0.05, 0) is 89.6 Å². The van der Waals surface area contributed by atoms with Crippen LogP contribution in [0.2, 0.25) is 0 Å². The number of likely N-dealkylation sites (tertiary alicyclic amines) is 1. The molecule has 1 aliphatic carbocycles. The number of hydrogen-bond donors (Lipinski definition) is 2. The van der Waals surface area contributed by atoms with Gasteiger partial charge >= 0.3 is 12.1 Å². The molecule has 5 rings (SSSR count). The van der Waals surface area contributed by atoms with Crippen LogP contribution in [0.4, 0.5) is 21.0 Å².